The first-order valence-corrected chi connectivity index (χ1v) is 11.2. The molecule has 2 aliphatic rings. The summed E-state index contributed by atoms with van der Waals surface area (Å²) >= 11 is 0. The van der Waals surface area contributed by atoms with Gasteiger partial charge in [-0.3, -0.25) is 4.79 Å². The number of benzene rings is 1. The third-order valence-electron chi connectivity index (χ3n) is 6.11. The van der Waals surface area contributed by atoms with E-state index in [1.54, 1.807) is 4.90 Å². The van der Waals surface area contributed by atoms with Crippen LogP contribution in [-0.2, 0) is 27.8 Å². The highest BCUT2D eigenvalue weighted by atomic mass is 32.2. The number of sulfone groups is 1. The smallest absolute Gasteiger partial charge is 0.224 e. The van der Waals surface area contributed by atoms with Crippen molar-refractivity contribution in [2.24, 2.45) is 5.92 Å². The Morgan fingerprint density at radius 3 is 2.75 bits per heavy atom. The Bertz CT molecular complexity index is 1000. The second-order valence-electron chi connectivity index (χ2n) is 7.94. The van der Waals surface area contributed by atoms with E-state index in [2.05, 4.69) is 4.98 Å². The molecule has 3 heterocycles. The molecule has 152 valence electrons. The first-order valence-electron chi connectivity index (χ1n) is 9.52. The third-order valence-corrected chi connectivity index (χ3v) is 8.34. The molecule has 9 heteroatoms. The summed E-state index contributed by atoms with van der Waals surface area (Å²) in [5.74, 6) is 0.635. The highest BCUT2D eigenvalue weighted by Crippen LogP contribution is 2.36. The highest BCUT2D eigenvalue weighted by Gasteiger charge is 2.53. The number of aliphatic hydroxyl groups is 1. The number of aliphatic hydroxyl groups excluding tert-OH is 1. The minimum atomic E-state index is -3.17. The normalized spacial score (nSPS) is 26.3. The maximum atomic E-state index is 12.8. The number of hydrogen-bond donors (Lipinski definition) is 1. The fraction of sp³-hybridized carbons (Fsp3) is 0.579. The van der Waals surface area contributed by atoms with Crippen molar-refractivity contribution >= 4 is 26.8 Å². The van der Waals surface area contributed by atoms with Gasteiger partial charge in [0.1, 0.15) is 12.4 Å². The first kappa shape index (κ1) is 19.4. The van der Waals surface area contributed by atoms with E-state index < -0.39 is 15.1 Å². The number of imidazole rings is 1. The van der Waals surface area contributed by atoms with Crippen LogP contribution in [0.15, 0.2) is 24.3 Å². The maximum absolute atomic E-state index is 12.8. The van der Waals surface area contributed by atoms with E-state index in [4.69, 9.17) is 0 Å². The van der Waals surface area contributed by atoms with Crippen LogP contribution in [0.3, 0.4) is 0 Å². The molecule has 28 heavy (non-hydrogen) atoms. The lowest BCUT2D eigenvalue weighted by Gasteiger charge is -2.25. The Hall–Kier alpha value is -1.97. The second kappa shape index (κ2) is 7.13. The van der Waals surface area contributed by atoms with Crippen LogP contribution in [0.5, 0.6) is 0 Å². The van der Waals surface area contributed by atoms with Gasteiger partial charge >= 0.3 is 0 Å². The van der Waals surface area contributed by atoms with Gasteiger partial charge in [0.05, 0.1) is 22.0 Å². The minimum Gasteiger partial charge on any atom is -0.388 e. The Morgan fingerprint density at radius 1 is 1.29 bits per heavy atom. The number of fused-ring (bicyclic) bond motifs is 2. The average Bonchev–Trinajstić information content (AvgIpc) is 3.31. The fourth-order valence-electron chi connectivity index (χ4n) is 4.63. The molecule has 3 atom stereocenters. The zero-order valence-electron chi connectivity index (χ0n) is 16.2. The van der Waals surface area contributed by atoms with Gasteiger partial charge in [0.15, 0.2) is 9.84 Å². The van der Waals surface area contributed by atoms with Crippen molar-refractivity contribution in [3.63, 3.8) is 0 Å². The Morgan fingerprint density at radius 2 is 2.04 bits per heavy atom. The molecule has 0 saturated carbocycles. The molecular formula is C19H26N4O4S. The van der Waals surface area contributed by atoms with Gasteiger partial charge in [-0.2, -0.15) is 0 Å². The number of carbonyl (C=O) groups is 1. The first-order chi connectivity index (χ1) is 13.3. The van der Waals surface area contributed by atoms with Crippen LogP contribution in [0.25, 0.3) is 11.0 Å². The molecular weight excluding hydrogens is 380 g/mol. The van der Waals surface area contributed by atoms with Gasteiger partial charge in [0, 0.05) is 38.0 Å². The van der Waals surface area contributed by atoms with Crippen molar-refractivity contribution in [2.75, 3.05) is 32.9 Å². The van der Waals surface area contributed by atoms with Crippen LogP contribution in [0.2, 0.25) is 0 Å². The van der Waals surface area contributed by atoms with E-state index in [9.17, 15) is 18.3 Å². The minimum absolute atomic E-state index is 0.0222. The number of aromatic nitrogens is 2. The van der Waals surface area contributed by atoms with Crippen LogP contribution in [-0.4, -0.2) is 83.0 Å². The molecule has 1 amide bonds. The number of carbonyl (C=O) groups excluding carboxylic acids is 1. The van der Waals surface area contributed by atoms with Crippen molar-refractivity contribution in [3.05, 3.63) is 30.1 Å². The number of aryl methyl sites for hydroxylation is 1. The highest BCUT2D eigenvalue weighted by molar-refractivity contribution is 7.92. The summed E-state index contributed by atoms with van der Waals surface area (Å²) in [6.45, 7) is 0.987. The van der Waals surface area contributed by atoms with Gasteiger partial charge in [0.2, 0.25) is 5.91 Å². The summed E-state index contributed by atoms with van der Waals surface area (Å²) in [7, 11) is 0.627. The predicted octanol–water partition coefficient (Wildman–Crippen LogP) is 0.104. The zero-order valence-corrected chi connectivity index (χ0v) is 17.0. The maximum Gasteiger partial charge on any atom is 0.224 e. The second-order valence-corrected chi connectivity index (χ2v) is 10.2. The number of amides is 1. The average molecular weight is 407 g/mol. The number of likely N-dealkylation sites (tertiary alicyclic amines) is 1. The van der Waals surface area contributed by atoms with Crippen molar-refractivity contribution in [3.8, 4) is 0 Å². The summed E-state index contributed by atoms with van der Waals surface area (Å²) in [4.78, 5) is 20.9. The Kier molecular flexibility index (Phi) is 4.93. The summed E-state index contributed by atoms with van der Waals surface area (Å²) < 4.78 is 26.9. The van der Waals surface area contributed by atoms with Gasteiger partial charge in [-0.1, -0.05) is 12.1 Å². The lowest BCUT2D eigenvalue weighted by molar-refractivity contribution is -0.130. The van der Waals surface area contributed by atoms with Gasteiger partial charge in [-0.05, 0) is 26.2 Å². The summed E-state index contributed by atoms with van der Waals surface area (Å²) in [6.07, 6.45) is 0.249. The molecule has 0 unspecified atom stereocenters. The van der Waals surface area contributed by atoms with Crippen LogP contribution in [0.1, 0.15) is 12.2 Å². The molecule has 0 bridgehead atoms. The van der Waals surface area contributed by atoms with Gasteiger partial charge < -0.3 is 19.5 Å². The monoisotopic (exact) mass is 406 g/mol. The quantitative estimate of drug-likeness (QED) is 0.757. The van der Waals surface area contributed by atoms with E-state index in [0.717, 1.165) is 11.0 Å². The van der Waals surface area contributed by atoms with Crippen LogP contribution in [0.4, 0.5) is 0 Å². The van der Waals surface area contributed by atoms with Crippen LogP contribution in [0, 0.1) is 5.92 Å². The fourth-order valence-corrected chi connectivity index (χ4v) is 7.11. The Labute approximate surface area is 164 Å². The lowest BCUT2D eigenvalue weighted by atomic mass is 10.00. The van der Waals surface area contributed by atoms with E-state index in [0.29, 0.717) is 18.9 Å². The molecule has 2 fully saturated rings. The van der Waals surface area contributed by atoms with Gasteiger partial charge in [0.25, 0.3) is 0 Å². The number of hydrogen-bond acceptors (Lipinski definition) is 6. The molecule has 2 aliphatic heterocycles. The molecule has 0 radical (unpaired) electrons. The Balaban J connectivity index is 1.47. The number of rotatable bonds is 5. The van der Waals surface area contributed by atoms with Crippen molar-refractivity contribution in [1.29, 1.82) is 0 Å². The van der Waals surface area contributed by atoms with Gasteiger partial charge in [-0.15, -0.1) is 0 Å². The SMILES string of the molecule is CN(C)[C@@H]1CS(=O)(=O)[C@H]2CN(C(=O)CCn3c(CO)nc4ccccc43)C[C@@H]12. The molecule has 0 spiro atoms. The number of para-hydroxylation sites is 2. The molecule has 2 aromatic rings. The molecule has 1 aromatic heterocycles. The standard InChI is InChI=1S/C19H26N4O4S/c1-21(2)16-12-28(26,27)17-10-22(9-13(16)17)19(25)7-8-23-15-6-4-3-5-14(15)20-18(23)11-24/h3-6,13,16-17,24H,7-12H2,1-2H3/t13-,16+,17-/m0/s1. The van der Waals surface area contributed by atoms with Crippen molar-refractivity contribution in [2.45, 2.75) is 30.9 Å². The van der Waals surface area contributed by atoms with E-state index in [-0.39, 0.29) is 43.2 Å². The van der Waals surface area contributed by atoms with Gasteiger partial charge in [-0.25, -0.2) is 13.4 Å². The van der Waals surface area contributed by atoms with Crippen molar-refractivity contribution in [1.82, 2.24) is 19.4 Å². The summed E-state index contributed by atoms with van der Waals surface area (Å²) in [5, 5.41) is 9.14. The number of nitrogens with zero attached hydrogens (tertiary/aromatic N) is 4. The largest absolute Gasteiger partial charge is 0.388 e. The third kappa shape index (κ3) is 3.21. The van der Waals surface area contributed by atoms with Crippen molar-refractivity contribution < 1.29 is 18.3 Å². The van der Waals surface area contributed by atoms with E-state index in [1.165, 1.54) is 0 Å². The molecule has 8 nitrogen and oxygen atoms in total. The van der Waals surface area contributed by atoms with E-state index >= 15 is 0 Å². The molecule has 0 aliphatic carbocycles. The topological polar surface area (TPSA) is 95.7 Å². The molecule has 4 rings (SSSR count). The lowest BCUT2D eigenvalue weighted by Crippen LogP contribution is -2.38. The van der Waals surface area contributed by atoms with Crippen LogP contribution < -0.4 is 0 Å². The summed E-state index contributed by atoms with van der Waals surface area (Å²) in [6, 6.07) is 7.54. The molecule has 2 saturated heterocycles. The van der Waals surface area contributed by atoms with Crippen LogP contribution >= 0.6 is 0 Å². The zero-order chi connectivity index (χ0) is 20.1. The molecule has 1 N–H and O–H groups in total. The predicted molar refractivity (Wildman–Crippen MR) is 105 cm³/mol. The molecule has 1 aromatic carbocycles. The summed E-state index contributed by atoms with van der Waals surface area (Å²) in [5.41, 5.74) is 1.67. The van der Waals surface area contributed by atoms with E-state index in [1.807, 2.05) is 47.8 Å².